The van der Waals surface area contributed by atoms with E-state index in [4.69, 9.17) is 15.6 Å². The molecule has 3 atom stereocenters. The van der Waals surface area contributed by atoms with Gasteiger partial charge in [-0.2, -0.15) is 65.9 Å². The molecule has 660 valence electrons. The van der Waals surface area contributed by atoms with Crippen molar-refractivity contribution >= 4 is 78.9 Å². The molecule has 0 aliphatic carbocycles. The molecule has 0 aliphatic rings. The van der Waals surface area contributed by atoms with Crippen LogP contribution in [0.4, 0.5) is 94.8 Å². The molecule has 13 nitrogen and oxygen atoms in total. The minimum Gasteiger partial charge on any atom is -0.481 e. The molecule has 0 aliphatic heterocycles. The van der Waals surface area contributed by atoms with Crippen molar-refractivity contribution in [3.8, 4) is 0 Å². The number of rotatable bonds is 18. The van der Waals surface area contributed by atoms with Gasteiger partial charge in [-0.05, 0) is 203 Å². The molecular weight excluding hydrogens is 1760 g/mol. The van der Waals surface area contributed by atoms with Crippen LogP contribution in [0.5, 0.6) is 0 Å². The van der Waals surface area contributed by atoms with Crippen LogP contribution in [-0.2, 0) is 102 Å². The smallest absolute Gasteiger partial charge is 0.416 e. The van der Waals surface area contributed by atoms with Gasteiger partial charge in [0.25, 0.3) is 0 Å². The van der Waals surface area contributed by atoms with Gasteiger partial charge >= 0.3 is 54.8 Å². The summed E-state index contributed by atoms with van der Waals surface area (Å²) in [7, 11) is 2.41. The Balaban J connectivity index is 0.000000209. The number of aromatic nitrogens is 2. The molecular formula is C93H74BrF19N4O9. The minimum absolute atomic E-state index is 0.00467. The van der Waals surface area contributed by atoms with Gasteiger partial charge in [-0.1, -0.05) is 162 Å². The normalized spacial score (nSPS) is 11.9. The van der Waals surface area contributed by atoms with E-state index in [1.807, 2.05) is 42.5 Å². The number of nitrogens with zero attached hydrogens (tertiary/aromatic N) is 2. The monoisotopic (exact) mass is 1830 g/mol. The van der Waals surface area contributed by atoms with Crippen LogP contribution in [0.1, 0.15) is 95.6 Å². The number of methoxy groups -OCH3 is 2. The minimum atomic E-state index is -4.49. The number of benzene rings is 11. The number of aliphatic carboxylic acids is 2. The molecule has 2 heterocycles. The van der Waals surface area contributed by atoms with Gasteiger partial charge in [-0.25, -0.2) is 17.6 Å². The van der Waals surface area contributed by atoms with Crippen molar-refractivity contribution in [3.63, 3.8) is 0 Å². The van der Waals surface area contributed by atoms with Crippen molar-refractivity contribution in [3.05, 3.63) is 393 Å². The number of esters is 2. The molecule has 2 aromatic heterocycles. The zero-order valence-corrected chi connectivity index (χ0v) is 67.6. The summed E-state index contributed by atoms with van der Waals surface area (Å²) in [5.74, 6) is -8.38. The largest absolute Gasteiger partial charge is 0.481 e. The Kier molecular flexibility index (Phi) is 36.6. The highest BCUT2D eigenvalue weighted by Crippen LogP contribution is 2.37. The lowest BCUT2D eigenvalue weighted by Crippen LogP contribution is -2.23. The van der Waals surface area contributed by atoms with Crippen LogP contribution >= 0.6 is 15.9 Å². The SMILES string of the molecule is COC(=O)C(Cc1ccccc1F)c1ccc(C(F)(F)F)cc1.COC(=O)Cc1ccc(C(F)(F)F)cc1.Fc1ccccc1CBr.Nc1cccc2ncccc12.O=C(Nc1cccc2ncccc12)C(Cc1ccccc1F)c1ccc(C(F)(F)F)cc1.O=C(O)C(Cc1ccccc1F)c1ccc(C(F)(F)F)cc1.O=C(O)Cc1ccc(C(F)(F)F)cc1. The van der Waals surface area contributed by atoms with E-state index in [1.165, 1.54) is 105 Å². The molecule has 13 rings (SSSR count). The number of nitrogens with two attached hydrogens (primary N) is 1. The Morgan fingerprint density at radius 3 is 1.04 bits per heavy atom. The zero-order chi connectivity index (χ0) is 92.7. The molecule has 5 N–H and O–H groups in total. The Morgan fingerprint density at radius 2 is 0.698 bits per heavy atom. The molecule has 1 amide bonds. The quantitative estimate of drug-likeness (QED) is 0.0274. The maximum atomic E-state index is 14.3. The number of alkyl halides is 16. The molecule has 0 saturated carbocycles. The molecule has 0 radical (unpaired) electrons. The van der Waals surface area contributed by atoms with E-state index >= 15 is 0 Å². The van der Waals surface area contributed by atoms with Crippen molar-refractivity contribution in [2.75, 3.05) is 25.3 Å². The average Bonchev–Trinajstić information content (AvgIpc) is 0.807. The highest BCUT2D eigenvalue weighted by atomic mass is 79.9. The predicted octanol–water partition coefficient (Wildman–Crippen LogP) is 24.2. The van der Waals surface area contributed by atoms with Gasteiger partial charge in [-0.3, -0.25) is 33.9 Å². The topological polar surface area (TPSA) is 208 Å². The van der Waals surface area contributed by atoms with Gasteiger partial charge < -0.3 is 30.7 Å². The lowest BCUT2D eigenvalue weighted by Gasteiger charge is -2.19. The Labute approximate surface area is 716 Å². The van der Waals surface area contributed by atoms with E-state index in [2.05, 4.69) is 36.0 Å². The molecule has 11 aromatic carbocycles. The van der Waals surface area contributed by atoms with Crippen molar-refractivity contribution in [1.82, 2.24) is 9.97 Å². The van der Waals surface area contributed by atoms with Crippen LogP contribution in [0, 0.1) is 23.3 Å². The lowest BCUT2D eigenvalue weighted by atomic mass is 9.90. The van der Waals surface area contributed by atoms with E-state index in [0.717, 1.165) is 107 Å². The molecule has 126 heavy (non-hydrogen) atoms. The second kappa shape index (κ2) is 46.3. The summed E-state index contributed by atoms with van der Waals surface area (Å²) in [5.41, 5.74) is 7.93. The van der Waals surface area contributed by atoms with Crippen LogP contribution in [0.25, 0.3) is 21.8 Å². The van der Waals surface area contributed by atoms with Crippen molar-refractivity contribution in [2.24, 2.45) is 0 Å². The highest BCUT2D eigenvalue weighted by molar-refractivity contribution is 9.08. The van der Waals surface area contributed by atoms with Gasteiger partial charge in [0, 0.05) is 34.2 Å². The summed E-state index contributed by atoms with van der Waals surface area (Å²) < 4.78 is 250. The number of carboxylic acid groups (broad SMARTS) is 2. The number of ether oxygens (including phenoxy) is 2. The second-order valence-electron chi connectivity index (χ2n) is 27.0. The average molecular weight is 1830 g/mol. The van der Waals surface area contributed by atoms with Crippen LogP contribution in [-0.4, -0.2) is 64.2 Å². The molecule has 0 saturated heterocycles. The summed E-state index contributed by atoms with van der Waals surface area (Å²) >= 11 is 3.17. The Hall–Kier alpha value is -13.5. The third kappa shape index (κ3) is 31.1. The summed E-state index contributed by atoms with van der Waals surface area (Å²) in [6, 6.07) is 63.8. The predicted molar refractivity (Wildman–Crippen MR) is 438 cm³/mol. The van der Waals surface area contributed by atoms with Crippen molar-refractivity contribution in [2.45, 2.75) is 86.1 Å². The molecule has 13 aromatic rings. The molecule has 33 heteroatoms. The number of carbonyl (C=O) groups excluding carboxylic acids is 3. The first kappa shape index (κ1) is 99.6. The van der Waals surface area contributed by atoms with Gasteiger partial charge in [0.2, 0.25) is 5.91 Å². The second-order valence-corrected chi connectivity index (χ2v) is 27.5. The maximum Gasteiger partial charge on any atom is 0.416 e. The molecule has 0 spiro atoms. The first-order valence-electron chi connectivity index (χ1n) is 37.2. The van der Waals surface area contributed by atoms with Crippen LogP contribution in [0.3, 0.4) is 0 Å². The number of hydrogen-bond acceptors (Lipinski definition) is 10. The van der Waals surface area contributed by atoms with Crippen LogP contribution in [0.2, 0.25) is 0 Å². The van der Waals surface area contributed by atoms with Gasteiger partial charge in [0.15, 0.2) is 0 Å². The number of halogens is 20. The number of amides is 1. The number of carboxylic acids is 2. The fraction of sp³-hybridized carbons (Fsp3) is 0.172. The third-order valence-corrected chi connectivity index (χ3v) is 18.9. The number of pyridine rings is 2. The molecule has 0 bridgehead atoms. The first-order chi connectivity index (χ1) is 59.5. The number of anilines is 2. The zero-order valence-electron chi connectivity index (χ0n) is 66.0. The summed E-state index contributed by atoms with van der Waals surface area (Å²) in [6.45, 7) is 0. The van der Waals surface area contributed by atoms with Crippen LogP contribution < -0.4 is 11.1 Å². The number of fused-ring (bicyclic) bond motifs is 2. The fourth-order valence-electron chi connectivity index (χ4n) is 11.8. The molecule has 3 unspecified atom stereocenters. The summed E-state index contributed by atoms with van der Waals surface area (Å²) in [5, 5.41) is 22.8. The highest BCUT2D eigenvalue weighted by Gasteiger charge is 2.36. The number of hydrogen-bond donors (Lipinski definition) is 4. The number of nitrogens with one attached hydrogen (secondary N) is 1. The Bertz CT molecular complexity index is 5710. The molecule has 0 fully saturated rings. The van der Waals surface area contributed by atoms with E-state index < -0.39 is 124 Å². The van der Waals surface area contributed by atoms with Gasteiger partial charge in [0.05, 0.1) is 89.4 Å². The van der Waals surface area contributed by atoms with E-state index in [0.29, 0.717) is 55.5 Å². The van der Waals surface area contributed by atoms with E-state index in [1.54, 1.807) is 73.1 Å². The van der Waals surface area contributed by atoms with Gasteiger partial charge in [0.1, 0.15) is 23.3 Å². The summed E-state index contributed by atoms with van der Waals surface area (Å²) in [6.07, 6.45) is -19.2. The van der Waals surface area contributed by atoms with E-state index in [9.17, 15) is 112 Å². The Morgan fingerprint density at radius 1 is 0.373 bits per heavy atom. The first-order valence-corrected chi connectivity index (χ1v) is 38.3. The van der Waals surface area contributed by atoms with E-state index in [-0.39, 0.29) is 49.0 Å². The summed E-state index contributed by atoms with van der Waals surface area (Å²) in [4.78, 5) is 66.0. The standard InChI is InChI=1S/C25H18F4N2O.C17H14F4O2.C16H12F4O2.C10H9F3O2.C9H7F3O2.C9H8N2.C7H6BrF/c26-21-7-2-1-5-17(21)15-20(16-10-12-18(13-11-16)25(27,28)29)24(32)31-23-9-3-8-22-19(23)6-4-14-30-22;1-23-16(22)14(10-12-4-2-3-5-15(12)18)11-6-8-13(9-7-11)17(19,20)21;17-14-4-2-1-3-11(14)9-13(15(21)22)10-5-7-12(8-6-10)16(18,19)20;1-15-9(14)6-7-2-4-8(5-3-7)10(11,12)13;10-9(11,12)7-3-1-6(2-4-7)5-8(13)14;10-8-4-1-5-9-7(8)3-2-6-11-9;8-5-6-3-1-2-4-7(6)9/h1-14,20H,15H2,(H,31,32);2-9,14H,10H2,1H3;1-8,13H,9H2,(H,21,22);2-5H,6H2,1H3;1-4H,5H2,(H,13,14);1-6H,10H2;1-4H,5H2. The van der Waals surface area contributed by atoms with Crippen molar-refractivity contribution in [1.29, 1.82) is 0 Å². The van der Waals surface area contributed by atoms with Crippen molar-refractivity contribution < 1.29 is 127 Å². The maximum absolute atomic E-state index is 14.3. The lowest BCUT2D eigenvalue weighted by molar-refractivity contribution is -0.143. The number of nitrogen functional groups attached to an aromatic ring is 1. The van der Waals surface area contributed by atoms with Gasteiger partial charge in [-0.15, -0.1) is 0 Å². The van der Waals surface area contributed by atoms with Crippen LogP contribution in [0.15, 0.2) is 291 Å². The fourth-order valence-corrected chi connectivity index (χ4v) is 12.2. The third-order valence-electron chi connectivity index (χ3n) is 18.3. The number of carbonyl (C=O) groups is 5.